The molecule has 0 amide bonds. The molecule has 0 saturated carbocycles. The van der Waals surface area contributed by atoms with Gasteiger partial charge >= 0.3 is 0 Å². The molecule has 0 heterocycles. The van der Waals surface area contributed by atoms with E-state index < -0.39 is 0 Å². The molecule has 0 fully saturated rings. The van der Waals surface area contributed by atoms with Crippen molar-refractivity contribution in [2.24, 2.45) is 0 Å². The molecular formula is C12H19NO2. The van der Waals surface area contributed by atoms with E-state index in [0.29, 0.717) is 0 Å². The number of methoxy groups -OCH3 is 2. The lowest BCUT2D eigenvalue weighted by atomic mass is 10.1. The van der Waals surface area contributed by atoms with Crippen LogP contribution >= 0.6 is 0 Å². The van der Waals surface area contributed by atoms with Gasteiger partial charge in [-0.15, -0.1) is 0 Å². The van der Waals surface area contributed by atoms with E-state index in [4.69, 9.17) is 9.47 Å². The number of nitrogens with one attached hydrogen (secondary N) is 1. The molecular weight excluding hydrogens is 190 g/mol. The molecule has 15 heavy (non-hydrogen) atoms. The third-order valence-electron chi connectivity index (χ3n) is 1.92. The normalized spacial score (nSPS) is 11.0. The smallest absolute Gasteiger partial charge is 0.145 e. The third-order valence-corrected chi connectivity index (χ3v) is 1.92. The van der Waals surface area contributed by atoms with Gasteiger partial charge in [-0.05, 0) is 32.9 Å². The summed E-state index contributed by atoms with van der Waals surface area (Å²) in [5.41, 5.74) is 0.993. The largest absolute Gasteiger partial charge is 0.497 e. The fraction of sp³-hybridized carbons (Fsp3) is 0.500. The second kappa shape index (κ2) is 4.43. The number of ether oxygens (including phenoxy) is 2. The molecule has 3 nitrogen and oxygen atoms in total. The molecule has 1 aromatic carbocycles. The number of hydrogen-bond acceptors (Lipinski definition) is 3. The van der Waals surface area contributed by atoms with Gasteiger partial charge in [0.15, 0.2) is 0 Å². The summed E-state index contributed by atoms with van der Waals surface area (Å²) in [6.45, 7) is 6.32. The van der Waals surface area contributed by atoms with E-state index in [9.17, 15) is 0 Å². The number of benzene rings is 1. The molecule has 84 valence electrons. The minimum absolute atomic E-state index is 0.0157. The van der Waals surface area contributed by atoms with Gasteiger partial charge in [0.1, 0.15) is 11.5 Å². The first-order valence-corrected chi connectivity index (χ1v) is 4.96. The predicted octanol–water partition coefficient (Wildman–Crippen LogP) is 2.91. The second-order valence-electron chi connectivity index (χ2n) is 4.44. The van der Waals surface area contributed by atoms with Gasteiger partial charge in [-0.2, -0.15) is 0 Å². The van der Waals surface area contributed by atoms with Crippen LogP contribution in [0.15, 0.2) is 18.2 Å². The molecule has 1 rings (SSSR count). The van der Waals surface area contributed by atoms with Gasteiger partial charge in [-0.25, -0.2) is 0 Å². The van der Waals surface area contributed by atoms with E-state index in [1.54, 1.807) is 14.2 Å². The van der Waals surface area contributed by atoms with Crippen LogP contribution < -0.4 is 14.8 Å². The Balaban J connectivity index is 2.97. The van der Waals surface area contributed by atoms with Crippen molar-refractivity contribution in [1.29, 1.82) is 0 Å². The topological polar surface area (TPSA) is 30.5 Å². The van der Waals surface area contributed by atoms with Crippen molar-refractivity contribution in [3.05, 3.63) is 18.2 Å². The maximum Gasteiger partial charge on any atom is 0.145 e. The summed E-state index contributed by atoms with van der Waals surface area (Å²) in [4.78, 5) is 0. The summed E-state index contributed by atoms with van der Waals surface area (Å²) in [7, 11) is 3.30. The molecule has 0 spiro atoms. The fourth-order valence-corrected chi connectivity index (χ4v) is 1.31. The Bertz CT molecular complexity index is 329. The molecule has 0 aliphatic carbocycles. The van der Waals surface area contributed by atoms with Crippen LogP contribution in [-0.2, 0) is 0 Å². The van der Waals surface area contributed by atoms with Crippen molar-refractivity contribution in [3.8, 4) is 11.5 Å². The zero-order valence-electron chi connectivity index (χ0n) is 10.0. The van der Waals surface area contributed by atoms with Crippen LogP contribution in [0.2, 0.25) is 0 Å². The predicted molar refractivity (Wildman–Crippen MR) is 62.9 cm³/mol. The Morgan fingerprint density at radius 2 is 1.73 bits per heavy atom. The van der Waals surface area contributed by atoms with Gasteiger partial charge in [0, 0.05) is 11.6 Å². The van der Waals surface area contributed by atoms with Crippen LogP contribution in [0.1, 0.15) is 20.8 Å². The van der Waals surface area contributed by atoms with Crippen molar-refractivity contribution in [1.82, 2.24) is 0 Å². The quantitative estimate of drug-likeness (QED) is 0.830. The highest BCUT2D eigenvalue weighted by Crippen LogP contribution is 2.30. The van der Waals surface area contributed by atoms with Gasteiger partial charge in [0.05, 0.1) is 19.9 Å². The van der Waals surface area contributed by atoms with Gasteiger partial charge in [-0.1, -0.05) is 0 Å². The Morgan fingerprint density at radius 3 is 2.20 bits per heavy atom. The maximum atomic E-state index is 5.29. The second-order valence-corrected chi connectivity index (χ2v) is 4.44. The molecule has 0 bridgehead atoms. The SMILES string of the molecule is COc1ccc(NC(C)(C)C)c(OC)c1. The number of anilines is 1. The molecule has 1 N–H and O–H groups in total. The monoisotopic (exact) mass is 209 g/mol. The van der Waals surface area contributed by atoms with Gasteiger partial charge < -0.3 is 14.8 Å². The first-order chi connectivity index (χ1) is 6.96. The standard InChI is InChI=1S/C12H19NO2/c1-12(2,3)13-10-7-6-9(14-4)8-11(10)15-5/h6-8,13H,1-5H3. The van der Waals surface area contributed by atoms with Crippen LogP contribution in [0.25, 0.3) is 0 Å². The fourth-order valence-electron chi connectivity index (χ4n) is 1.31. The molecule has 0 aliphatic heterocycles. The van der Waals surface area contributed by atoms with Gasteiger partial charge in [0.2, 0.25) is 0 Å². The molecule has 0 aliphatic rings. The molecule has 0 aromatic heterocycles. The van der Waals surface area contributed by atoms with Gasteiger partial charge in [-0.3, -0.25) is 0 Å². The lowest BCUT2D eigenvalue weighted by Crippen LogP contribution is -2.26. The highest BCUT2D eigenvalue weighted by atomic mass is 16.5. The lowest BCUT2D eigenvalue weighted by Gasteiger charge is -2.23. The van der Waals surface area contributed by atoms with Crippen molar-refractivity contribution < 1.29 is 9.47 Å². The van der Waals surface area contributed by atoms with Crippen LogP contribution in [0.4, 0.5) is 5.69 Å². The summed E-state index contributed by atoms with van der Waals surface area (Å²) >= 11 is 0. The minimum Gasteiger partial charge on any atom is -0.497 e. The van der Waals surface area contributed by atoms with Crippen molar-refractivity contribution in [2.75, 3.05) is 19.5 Å². The van der Waals surface area contributed by atoms with E-state index >= 15 is 0 Å². The molecule has 0 saturated heterocycles. The third kappa shape index (κ3) is 3.35. The summed E-state index contributed by atoms with van der Waals surface area (Å²) in [6.07, 6.45) is 0. The van der Waals surface area contributed by atoms with Crippen molar-refractivity contribution in [2.45, 2.75) is 26.3 Å². The zero-order chi connectivity index (χ0) is 11.5. The van der Waals surface area contributed by atoms with E-state index in [2.05, 4.69) is 26.1 Å². The molecule has 1 aromatic rings. The van der Waals surface area contributed by atoms with Crippen molar-refractivity contribution >= 4 is 5.69 Å². The highest BCUT2D eigenvalue weighted by Gasteiger charge is 2.13. The van der Waals surface area contributed by atoms with Crippen LogP contribution in [0.3, 0.4) is 0 Å². The Morgan fingerprint density at radius 1 is 1.07 bits per heavy atom. The Kier molecular flexibility index (Phi) is 3.45. The lowest BCUT2D eigenvalue weighted by molar-refractivity contribution is 0.394. The average Bonchev–Trinajstić information content (AvgIpc) is 2.16. The van der Waals surface area contributed by atoms with E-state index in [1.165, 1.54) is 0 Å². The van der Waals surface area contributed by atoms with Crippen LogP contribution in [-0.4, -0.2) is 19.8 Å². The first kappa shape index (κ1) is 11.7. The van der Waals surface area contributed by atoms with Crippen molar-refractivity contribution in [3.63, 3.8) is 0 Å². The van der Waals surface area contributed by atoms with Gasteiger partial charge in [0.25, 0.3) is 0 Å². The summed E-state index contributed by atoms with van der Waals surface area (Å²) in [5.74, 6) is 1.59. The first-order valence-electron chi connectivity index (χ1n) is 4.96. The number of hydrogen-bond donors (Lipinski definition) is 1. The van der Waals surface area contributed by atoms with Crippen LogP contribution in [0.5, 0.6) is 11.5 Å². The minimum atomic E-state index is 0.0157. The maximum absolute atomic E-state index is 5.29. The summed E-state index contributed by atoms with van der Waals surface area (Å²) in [5, 5.41) is 3.37. The summed E-state index contributed by atoms with van der Waals surface area (Å²) < 4.78 is 10.4. The molecule has 0 unspecified atom stereocenters. The number of rotatable bonds is 3. The molecule has 0 atom stereocenters. The van der Waals surface area contributed by atoms with E-state index in [-0.39, 0.29) is 5.54 Å². The Labute approximate surface area is 91.4 Å². The highest BCUT2D eigenvalue weighted by molar-refractivity contribution is 5.60. The average molecular weight is 209 g/mol. The molecule has 0 radical (unpaired) electrons. The Hall–Kier alpha value is -1.38. The molecule has 3 heteroatoms. The van der Waals surface area contributed by atoms with E-state index in [0.717, 1.165) is 17.2 Å². The zero-order valence-corrected chi connectivity index (χ0v) is 10.0. The van der Waals surface area contributed by atoms with E-state index in [1.807, 2.05) is 18.2 Å². The van der Waals surface area contributed by atoms with Crippen LogP contribution in [0, 0.1) is 0 Å². The summed E-state index contributed by atoms with van der Waals surface area (Å²) in [6, 6.07) is 5.74.